The molecule has 0 saturated heterocycles. The number of aliphatic carboxylic acids is 2. The van der Waals surface area contributed by atoms with E-state index in [4.69, 9.17) is 0 Å². The van der Waals surface area contributed by atoms with Crippen LogP contribution in [0, 0.1) is 29.1 Å². The van der Waals surface area contributed by atoms with Crippen molar-refractivity contribution in [3.8, 4) is 23.7 Å². The highest BCUT2D eigenvalue weighted by molar-refractivity contribution is 5.98. The molecule has 104 valence electrons. The first kappa shape index (κ1) is 17.1. The summed E-state index contributed by atoms with van der Waals surface area (Å²) in [5.74, 6) is 8.10. The second kappa shape index (κ2) is 9.05. The molecule has 0 radical (unpaired) electrons. The van der Waals surface area contributed by atoms with Crippen LogP contribution in [0.5, 0.6) is 0 Å². The minimum absolute atomic E-state index is 0.210. The normalized spacial score (nSPS) is 9.79. The van der Waals surface area contributed by atoms with Gasteiger partial charge in [-0.25, -0.2) is 0 Å². The smallest absolute Gasteiger partial charge is 0.323 e. The Morgan fingerprint density at radius 2 is 1.21 bits per heavy atom. The molecule has 0 aliphatic heterocycles. The van der Waals surface area contributed by atoms with Gasteiger partial charge in [-0.05, 0) is 12.8 Å². The van der Waals surface area contributed by atoms with Crippen molar-refractivity contribution < 1.29 is 19.8 Å². The maximum atomic E-state index is 11.3. The summed E-state index contributed by atoms with van der Waals surface area (Å²) in [4.78, 5) is 22.5. The van der Waals surface area contributed by atoms with Gasteiger partial charge < -0.3 is 10.2 Å². The lowest BCUT2D eigenvalue weighted by Gasteiger charge is -2.19. The fourth-order valence-corrected chi connectivity index (χ4v) is 1.31. The fourth-order valence-electron chi connectivity index (χ4n) is 1.31. The molecule has 2 N–H and O–H groups in total. The number of carboxylic acids is 2. The van der Waals surface area contributed by atoms with Gasteiger partial charge in [0.1, 0.15) is 0 Å². The largest absolute Gasteiger partial charge is 0.480 e. The van der Waals surface area contributed by atoms with E-state index in [0.717, 1.165) is 12.8 Å². The van der Waals surface area contributed by atoms with Gasteiger partial charge in [0.25, 0.3) is 0 Å². The van der Waals surface area contributed by atoms with Crippen LogP contribution >= 0.6 is 0 Å². The van der Waals surface area contributed by atoms with Crippen molar-refractivity contribution in [2.24, 2.45) is 5.41 Å². The van der Waals surface area contributed by atoms with Crippen LogP contribution in [0.3, 0.4) is 0 Å². The topological polar surface area (TPSA) is 74.6 Å². The van der Waals surface area contributed by atoms with E-state index < -0.39 is 17.4 Å². The minimum Gasteiger partial charge on any atom is -0.480 e. The zero-order chi connectivity index (χ0) is 14.7. The Morgan fingerprint density at radius 1 is 0.842 bits per heavy atom. The summed E-state index contributed by atoms with van der Waals surface area (Å²) in [5.41, 5.74) is -1.92. The summed E-state index contributed by atoms with van der Waals surface area (Å²) in [5, 5.41) is 18.4. The molecular formula is C15H20O4. The van der Waals surface area contributed by atoms with Crippen LogP contribution in [-0.4, -0.2) is 22.2 Å². The Hall–Kier alpha value is -1.94. The third kappa shape index (κ3) is 5.48. The highest BCUT2D eigenvalue weighted by Gasteiger charge is 2.45. The summed E-state index contributed by atoms with van der Waals surface area (Å²) >= 11 is 0. The van der Waals surface area contributed by atoms with Gasteiger partial charge in [-0.1, -0.05) is 13.8 Å². The van der Waals surface area contributed by atoms with Crippen LogP contribution in [-0.2, 0) is 9.59 Å². The Labute approximate surface area is 114 Å². The highest BCUT2D eigenvalue weighted by Crippen LogP contribution is 2.27. The summed E-state index contributed by atoms with van der Waals surface area (Å²) in [6, 6.07) is 0. The number of carboxylic acid groups (broad SMARTS) is 2. The average Bonchev–Trinajstić information content (AvgIpc) is 2.36. The molecule has 0 heterocycles. The fraction of sp³-hybridized carbons (Fsp3) is 0.600. The third-order valence-electron chi connectivity index (χ3n) is 2.60. The Balaban J connectivity index is 5.02. The maximum absolute atomic E-state index is 11.3. The van der Waals surface area contributed by atoms with Crippen LogP contribution in [0.15, 0.2) is 0 Å². The number of hydrogen-bond acceptors (Lipinski definition) is 2. The van der Waals surface area contributed by atoms with E-state index in [9.17, 15) is 19.8 Å². The van der Waals surface area contributed by atoms with Crippen molar-refractivity contribution in [1.82, 2.24) is 0 Å². The lowest BCUT2D eigenvalue weighted by atomic mass is 9.81. The van der Waals surface area contributed by atoms with Crippen molar-refractivity contribution in [3.63, 3.8) is 0 Å². The van der Waals surface area contributed by atoms with Gasteiger partial charge in [0, 0.05) is 25.7 Å². The molecule has 0 aromatic heterocycles. The van der Waals surface area contributed by atoms with Crippen LogP contribution in [0.1, 0.15) is 52.4 Å². The van der Waals surface area contributed by atoms with E-state index in [2.05, 4.69) is 23.7 Å². The first-order valence-corrected chi connectivity index (χ1v) is 6.39. The number of rotatable bonds is 6. The molecule has 0 fully saturated rings. The predicted molar refractivity (Wildman–Crippen MR) is 72.3 cm³/mol. The van der Waals surface area contributed by atoms with E-state index in [0.29, 0.717) is 12.8 Å². The molecule has 0 aromatic carbocycles. The van der Waals surface area contributed by atoms with E-state index in [-0.39, 0.29) is 12.8 Å². The zero-order valence-corrected chi connectivity index (χ0v) is 11.5. The Kier molecular flexibility index (Phi) is 8.13. The third-order valence-corrected chi connectivity index (χ3v) is 2.60. The van der Waals surface area contributed by atoms with Crippen LogP contribution in [0.4, 0.5) is 0 Å². The van der Waals surface area contributed by atoms with Gasteiger partial charge in [-0.15, -0.1) is 23.7 Å². The van der Waals surface area contributed by atoms with Crippen LogP contribution in [0.25, 0.3) is 0 Å². The Bertz CT molecular complexity index is 387. The van der Waals surface area contributed by atoms with Crippen molar-refractivity contribution in [3.05, 3.63) is 0 Å². The molecular weight excluding hydrogens is 244 g/mol. The molecule has 4 heteroatoms. The first-order valence-electron chi connectivity index (χ1n) is 6.39. The number of carbonyl (C=O) groups is 2. The maximum Gasteiger partial charge on any atom is 0.323 e. The van der Waals surface area contributed by atoms with E-state index in [1.807, 2.05) is 13.8 Å². The molecule has 0 aromatic rings. The van der Waals surface area contributed by atoms with E-state index >= 15 is 0 Å². The zero-order valence-electron chi connectivity index (χ0n) is 11.5. The second-order valence-corrected chi connectivity index (χ2v) is 4.25. The van der Waals surface area contributed by atoms with Crippen molar-refractivity contribution in [2.45, 2.75) is 52.4 Å². The molecule has 0 unspecified atom stereocenters. The van der Waals surface area contributed by atoms with Crippen molar-refractivity contribution >= 4 is 11.9 Å². The van der Waals surface area contributed by atoms with Gasteiger partial charge in [-0.3, -0.25) is 9.59 Å². The van der Waals surface area contributed by atoms with Crippen molar-refractivity contribution in [2.75, 3.05) is 0 Å². The molecule has 0 atom stereocenters. The standard InChI is InChI=1S/C15H20O4/c1-3-5-7-9-11-15(13(16)17,14(18)19)12-10-8-6-4-2/h3-6,11-12H2,1-2H3,(H,16,17)(H,18,19). The summed E-state index contributed by atoms with van der Waals surface area (Å²) < 4.78 is 0. The van der Waals surface area contributed by atoms with Crippen LogP contribution < -0.4 is 0 Å². The molecule has 0 amide bonds. The van der Waals surface area contributed by atoms with Gasteiger partial charge in [0.15, 0.2) is 5.41 Å². The monoisotopic (exact) mass is 264 g/mol. The minimum atomic E-state index is -1.92. The van der Waals surface area contributed by atoms with Crippen LogP contribution in [0.2, 0.25) is 0 Å². The predicted octanol–water partition coefficient (Wildman–Crippen LogP) is 2.53. The highest BCUT2D eigenvalue weighted by atomic mass is 16.4. The van der Waals surface area contributed by atoms with Gasteiger partial charge >= 0.3 is 11.9 Å². The number of unbranched alkanes of at least 4 members (excludes halogenated alkanes) is 2. The summed E-state index contributed by atoms with van der Waals surface area (Å²) in [6.45, 7) is 3.90. The molecule has 0 rings (SSSR count). The lowest BCUT2D eigenvalue weighted by molar-refractivity contribution is -0.163. The quantitative estimate of drug-likeness (QED) is 0.571. The molecule has 0 aliphatic rings. The summed E-state index contributed by atoms with van der Waals surface area (Å²) in [6.07, 6.45) is 2.57. The SMILES string of the molecule is CCCC#CCC(CC#CCCC)(C(=O)O)C(=O)O. The Morgan fingerprint density at radius 3 is 1.47 bits per heavy atom. The average molecular weight is 264 g/mol. The molecule has 0 spiro atoms. The lowest BCUT2D eigenvalue weighted by Crippen LogP contribution is -2.38. The molecule has 19 heavy (non-hydrogen) atoms. The first-order chi connectivity index (χ1) is 9.01. The van der Waals surface area contributed by atoms with Gasteiger partial charge in [-0.2, -0.15) is 0 Å². The number of hydrogen-bond donors (Lipinski definition) is 2. The summed E-state index contributed by atoms with van der Waals surface area (Å²) in [7, 11) is 0. The van der Waals surface area contributed by atoms with E-state index in [1.54, 1.807) is 0 Å². The molecule has 4 nitrogen and oxygen atoms in total. The molecule has 0 aliphatic carbocycles. The van der Waals surface area contributed by atoms with Gasteiger partial charge in [0.2, 0.25) is 0 Å². The van der Waals surface area contributed by atoms with Crippen molar-refractivity contribution in [1.29, 1.82) is 0 Å². The van der Waals surface area contributed by atoms with Gasteiger partial charge in [0.05, 0.1) is 0 Å². The second-order valence-electron chi connectivity index (χ2n) is 4.25. The van der Waals surface area contributed by atoms with E-state index in [1.165, 1.54) is 0 Å². The molecule has 0 bridgehead atoms. The molecule has 0 saturated carbocycles.